The highest BCUT2D eigenvalue weighted by Crippen LogP contribution is 2.35. The minimum Gasteiger partial charge on any atom is -0.293 e. The molecule has 0 aliphatic carbocycles. The van der Waals surface area contributed by atoms with Gasteiger partial charge in [-0.1, -0.05) is 56.3 Å². The molecule has 0 saturated heterocycles. The van der Waals surface area contributed by atoms with Crippen LogP contribution < -0.4 is 0 Å². The average molecular weight is 270 g/mol. The number of benzene rings is 2. The largest absolute Gasteiger partial charge is 0.293 e. The fourth-order valence-electron chi connectivity index (χ4n) is 2.77. The van der Waals surface area contributed by atoms with Gasteiger partial charge in [0.1, 0.15) is 5.82 Å². The number of ketones is 1. The molecule has 0 aromatic heterocycles. The van der Waals surface area contributed by atoms with E-state index in [0.717, 1.165) is 5.56 Å². The summed E-state index contributed by atoms with van der Waals surface area (Å²) in [6.45, 7) is 3.96. The first kappa shape index (κ1) is 14.4. The van der Waals surface area contributed by atoms with Gasteiger partial charge < -0.3 is 0 Å². The van der Waals surface area contributed by atoms with Crippen molar-refractivity contribution in [2.24, 2.45) is 0 Å². The molecule has 2 aromatic carbocycles. The molecule has 2 heteroatoms. The lowest BCUT2D eigenvalue weighted by atomic mass is 9.70. The van der Waals surface area contributed by atoms with Gasteiger partial charge in [-0.15, -0.1) is 0 Å². The normalized spacial score (nSPS) is 11.3. The van der Waals surface area contributed by atoms with Crippen molar-refractivity contribution in [1.29, 1.82) is 0 Å². The van der Waals surface area contributed by atoms with Crippen LogP contribution in [0.4, 0.5) is 4.39 Å². The van der Waals surface area contributed by atoms with Crippen molar-refractivity contribution in [1.82, 2.24) is 0 Å². The van der Waals surface area contributed by atoms with E-state index in [1.807, 2.05) is 44.2 Å². The maximum absolute atomic E-state index is 13.9. The Labute approximate surface area is 119 Å². The summed E-state index contributed by atoms with van der Waals surface area (Å²) < 4.78 is 13.9. The lowest BCUT2D eigenvalue weighted by Crippen LogP contribution is -2.35. The van der Waals surface area contributed by atoms with E-state index in [4.69, 9.17) is 0 Å². The summed E-state index contributed by atoms with van der Waals surface area (Å²) in [7, 11) is 0. The van der Waals surface area contributed by atoms with Gasteiger partial charge in [0, 0.05) is 0 Å². The summed E-state index contributed by atoms with van der Waals surface area (Å²) in [4.78, 5) is 12.9. The standard InChI is InChI=1S/C18H19FO/c1-3-18(4-2,14-10-6-5-7-11-14)17(20)15-12-8-9-13-16(15)19/h5-13H,3-4H2,1-2H3. The molecule has 20 heavy (non-hydrogen) atoms. The first-order valence-corrected chi connectivity index (χ1v) is 7.00. The molecule has 1 nitrogen and oxygen atoms in total. The third kappa shape index (κ3) is 2.38. The molecule has 0 heterocycles. The Morgan fingerprint density at radius 2 is 1.50 bits per heavy atom. The highest BCUT2D eigenvalue weighted by atomic mass is 19.1. The van der Waals surface area contributed by atoms with E-state index in [2.05, 4.69) is 0 Å². The van der Waals surface area contributed by atoms with Gasteiger partial charge in [0.15, 0.2) is 5.78 Å². The molecule has 0 unspecified atom stereocenters. The maximum Gasteiger partial charge on any atom is 0.176 e. The second-order valence-electron chi connectivity index (χ2n) is 4.96. The van der Waals surface area contributed by atoms with Crippen molar-refractivity contribution in [3.05, 3.63) is 71.5 Å². The third-order valence-corrected chi connectivity index (χ3v) is 4.09. The molecule has 0 radical (unpaired) electrons. The summed E-state index contributed by atoms with van der Waals surface area (Å²) in [6.07, 6.45) is 1.31. The Hall–Kier alpha value is -1.96. The monoisotopic (exact) mass is 270 g/mol. The van der Waals surface area contributed by atoms with Crippen LogP contribution in [0.25, 0.3) is 0 Å². The molecule has 0 aliphatic heterocycles. The van der Waals surface area contributed by atoms with Gasteiger partial charge in [0.25, 0.3) is 0 Å². The molecule has 0 amide bonds. The van der Waals surface area contributed by atoms with Crippen LogP contribution in [0.2, 0.25) is 0 Å². The summed E-state index contributed by atoms with van der Waals surface area (Å²) >= 11 is 0. The summed E-state index contributed by atoms with van der Waals surface area (Å²) in [6, 6.07) is 15.9. The summed E-state index contributed by atoms with van der Waals surface area (Å²) in [5, 5.41) is 0. The SMILES string of the molecule is CCC(CC)(C(=O)c1ccccc1F)c1ccccc1. The summed E-state index contributed by atoms with van der Waals surface area (Å²) in [5.74, 6) is -0.577. The van der Waals surface area contributed by atoms with Gasteiger partial charge in [-0.05, 0) is 30.5 Å². The van der Waals surface area contributed by atoms with E-state index in [1.165, 1.54) is 6.07 Å². The van der Waals surface area contributed by atoms with Crippen molar-refractivity contribution < 1.29 is 9.18 Å². The van der Waals surface area contributed by atoms with Crippen LogP contribution in [0, 0.1) is 5.82 Å². The molecule has 0 aliphatic rings. The van der Waals surface area contributed by atoms with Crippen LogP contribution in [0.5, 0.6) is 0 Å². The molecular weight excluding hydrogens is 251 g/mol. The zero-order valence-corrected chi connectivity index (χ0v) is 11.9. The van der Waals surface area contributed by atoms with E-state index in [9.17, 15) is 9.18 Å². The molecule has 0 saturated carbocycles. The molecule has 104 valence electrons. The zero-order chi connectivity index (χ0) is 14.6. The number of rotatable bonds is 5. The van der Waals surface area contributed by atoms with Crippen molar-refractivity contribution >= 4 is 5.78 Å². The first-order chi connectivity index (χ1) is 9.65. The molecule has 0 spiro atoms. The first-order valence-electron chi connectivity index (χ1n) is 7.00. The second-order valence-corrected chi connectivity index (χ2v) is 4.96. The molecule has 0 N–H and O–H groups in total. The van der Waals surface area contributed by atoms with Crippen molar-refractivity contribution in [2.45, 2.75) is 32.1 Å². The van der Waals surface area contributed by atoms with E-state index in [0.29, 0.717) is 12.8 Å². The van der Waals surface area contributed by atoms with Crippen LogP contribution in [0.3, 0.4) is 0 Å². The lowest BCUT2D eigenvalue weighted by Gasteiger charge is -2.31. The Balaban J connectivity index is 2.54. The fraction of sp³-hybridized carbons (Fsp3) is 0.278. The molecule has 0 bridgehead atoms. The van der Waals surface area contributed by atoms with E-state index in [1.54, 1.807) is 18.2 Å². The lowest BCUT2D eigenvalue weighted by molar-refractivity contribution is 0.0868. The molecule has 2 aromatic rings. The number of Topliss-reactive ketones (excluding diaryl/α,β-unsaturated/α-hetero) is 1. The van der Waals surface area contributed by atoms with Crippen LogP contribution >= 0.6 is 0 Å². The Kier molecular flexibility index (Phi) is 4.33. The Morgan fingerprint density at radius 3 is 2.05 bits per heavy atom. The average Bonchev–Trinajstić information content (AvgIpc) is 2.50. The molecule has 0 atom stereocenters. The Morgan fingerprint density at radius 1 is 0.950 bits per heavy atom. The summed E-state index contributed by atoms with van der Waals surface area (Å²) in [5.41, 5.74) is 0.488. The zero-order valence-electron chi connectivity index (χ0n) is 11.9. The predicted octanol–water partition coefficient (Wildman–Crippen LogP) is 4.77. The maximum atomic E-state index is 13.9. The fourth-order valence-corrected chi connectivity index (χ4v) is 2.77. The minimum absolute atomic E-state index is 0.133. The third-order valence-electron chi connectivity index (χ3n) is 4.09. The quantitative estimate of drug-likeness (QED) is 0.715. The molecular formula is C18H19FO. The van der Waals surface area contributed by atoms with Gasteiger partial charge in [-0.2, -0.15) is 0 Å². The van der Waals surface area contributed by atoms with Gasteiger partial charge in [-0.25, -0.2) is 4.39 Å². The van der Waals surface area contributed by atoms with Gasteiger partial charge in [-0.3, -0.25) is 4.79 Å². The van der Waals surface area contributed by atoms with Crippen molar-refractivity contribution in [2.75, 3.05) is 0 Å². The van der Waals surface area contributed by atoms with Gasteiger partial charge in [0.2, 0.25) is 0 Å². The number of hydrogen-bond acceptors (Lipinski definition) is 1. The minimum atomic E-state index is -0.649. The number of halogens is 1. The smallest absolute Gasteiger partial charge is 0.176 e. The van der Waals surface area contributed by atoms with Gasteiger partial charge in [0.05, 0.1) is 11.0 Å². The van der Waals surface area contributed by atoms with Crippen LogP contribution in [0.1, 0.15) is 42.6 Å². The molecule has 0 fully saturated rings. The van der Waals surface area contributed by atoms with Crippen molar-refractivity contribution in [3.63, 3.8) is 0 Å². The van der Waals surface area contributed by atoms with Crippen LogP contribution in [-0.4, -0.2) is 5.78 Å². The number of hydrogen-bond donors (Lipinski definition) is 0. The highest BCUT2D eigenvalue weighted by molar-refractivity contribution is 6.04. The van der Waals surface area contributed by atoms with Gasteiger partial charge >= 0.3 is 0 Å². The molecule has 2 rings (SSSR count). The van der Waals surface area contributed by atoms with E-state index in [-0.39, 0.29) is 11.3 Å². The Bertz CT molecular complexity index is 585. The number of carbonyl (C=O) groups excluding carboxylic acids is 1. The highest BCUT2D eigenvalue weighted by Gasteiger charge is 2.38. The predicted molar refractivity (Wildman–Crippen MR) is 79.4 cm³/mol. The second kappa shape index (κ2) is 6.00. The number of carbonyl (C=O) groups is 1. The van der Waals surface area contributed by atoms with Crippen molar-refractivity contribution in [3.8, 4) is 0 Å². The topological polar surface area (TPSA) is 17.1 Å². The van der Waals surface area contributed by atoms with Crippen LogP contribution in [0.15, 0.2) is 54.6 Å². The van der Waals surface area contributed by atoms with Crippen LogP contribution in [-0.2, 0) is 5.41 Å². The van der Waals surface area contributed by atoms with E-state index >= 15 is 0 Å². The van der Waals surface area contributed by atoms with E-state index < -0.39 is 11.2 Å².